The van der Waals surface area contributed by atoms with E-state index in [9.17, 15) is 19.4 Å². The molecule has 0 aromatic carbocycles. The molecule has 0 rings (SSSR count). The van der Waals surface area contributed by atoms with Crippen molar-refractivity contribution in [2.75, 3.05) is 40.9 Å². The molecular weight excluding hydrogens is 1060 g/mol. The summed E-state index contributed by atoms with van der Waals surface area (Å²) in [6.07, 6.45) is 98.1. The Balaban J connectivity index is 4.23. The van der Waals surface area contributed by atoms with Crippen molar-refractivity contribution < 1.29 is 32.9 Å². The van der Waals surface area contributed by atoms with Gasteiger partial charge in [-0.05, 0) is 109 Å². The molecule has 0 aromatic rings. The predicted molar refractivity (Wildman–Crippen MR) is 366 cm³/mol. The second-order valence-electron chi connectivity index (χ2n) is 23.8. The van der Waals surface area contributed by atoms with Gasteiger partial charge in [0.1, 0.15) is 13.2 Å². The third-order valence-electron chi connectivity index (χ3n) is 14.5. The van der Waals surface area contributed by atoms with Gasteiger partial charge in [0.05, 0.1) is 39.9 Å². The van der Waals surface area contributed by atoms with Crippen LogP contribution in [-0.2, 0) is 18.4 Å². The highest BCUT2D eigenvalue weighted by Gasteiger charge is 2.23. The van der Waals surface area contributed by atoms with Crippen molar-refractivity contribution in [2.24, 2.45) is 0 Å². The van der Waals surface area contributed by atoms with Crippen molar-refractivity contribution in [2.45, 2.75) is 283 Å². The Bertz CT molecular complexity index is 1880. The summed E-state index contributed by atoms with van der Waals surface area (Å²) in [5.41, 5.74) is 0. The molecule has 8 nitrogen and oxygen atoms in total. The summed E-state index contributed by atoms with van der Waals surface area (Å²) in [5.74, 6) is -0.226. The number of nitrogens with zero attached hydrogens (tertiary/aromatic N) is 1. The van der Waals surface area contributed by atoms with Crippen LogP contribution in [0, 0.1) is 0 Å². The molecule has 3 atom stereocenters. The molecule has 0 fully saturated rings. The Hall–Kier alpha value is -3.62. The van der Waals surface area contributed by atoms with Crippen molar-refractivity contribution >= 4 is 13.7 Å². The maximum Gasteiger partial charge on any atom is 0.268 e. The number of unbranched alkanes of at least 4 members (excludes halogenated alkanes) is 26. The lowest BCUT2D eigenvalue weighted by molar-refractivity contribution is -0.870. The van der Waals surface area contributed by atoms with E-state index in [1.807, 2.05) is 27.2 Å². The first-order chi connectivity index (χ1) is 41.0. The average Bonchev–Trinajstić information content (AvgIpc) is 3.56. The number of amides is 1. The Kier molecular flexibility index (Phi) is 61.1. The minimum absolute atomic E-state index is 0.0169. The van der Waals surface area contributed by atoms with Gasteiger partial charge < -0.3 is 28.8 Å². The molecule has 2 N–H and O–H groups in total. The third-order valence-corrected chi connectivity index (χ3v) is 15.5. The molecule has 0 aromatic heterocycles. The number of allylic oxidation sites excluding steroid dienone is 23. The van der Waals surface area contributed by atoms with E-state index in [-0.39, 0.29) is 12.5 Å². The van der Waals surface area contributed by atoms with Gasteiger partial charge in [-0.2, -0.15) is 0 Å². The Morgan fingerprint density at radius 2 is 0.738 bits per heavy atom. The van der Waals surface area contributed by atoms with Gasteiger partial charge in [-0.1, -0.05) is 301 Å². The topological polar surface area (TPSA) is 108 Å². The van der Waals surface area contributed by atoms with Crippen LogP contribution in [0.1, 0.15) is 271 Å². The van der Waals surface area contributed by atoms with E-state index in [1.54, 1.807) is 6.08 Å². The first-order valence-corrected chi connectivity index (χ1v) is 35.7. The third kappa shape index (κ3) is 65.9. The lowest BCUT2D eigenvalue weighted by Crippen LogP contribution is -2.45. The van der Waals surface area contributed by atoms with E-state index in [4.69, 9.17) is 9.05 Å². The van der Waals surface area contributed by atoms with E-state index in [0.717, 1.165) is 128 Å². The molecule has 0 saturated carbocycles. The smallest absolute Gasteiger partial charge is 0.268 e. The zero-order valence-electron chi connectivity index (χ0n) is 54.8. The summed E-state index contributed by atoms with van der Waals surface area (Å²) >= 11 is 0. The molecule has 0 heterocycles. The number of quaternary nitrogens is 1. The number of aliphatic hydroxyl groups excluding tert-OH is 1. The highest BCUT2D eigenvalue weighted by Crippen LogP contribution is 2.38. The maximum atomic E-state index is 13.0. The van der Waals surface area contributed by atoms with Crippen molar-refractivity contribution in [1.29, 1.82) is 0 Å². The van der Waals surface area contributed by atoms with Crippen molar-refractivity contribution in [1.82, 2.24) is 5.32 Å². The molecule has 480 valence electrons. The maximum absolute atomic E-state index is 13.0. The predicted octanol–water partition coefficient (Wildman–Crippen LogP) is 21.4. The summed E-state index contributed by atoms with van der Waals surface area (Å²) in [6.45, 7) is 4.51. The van der Waals surface area contributed by atoms with E-state index in [1.165, 1.54) is 122 Å². The second-order valence-corrected chi connectivity index (χ2v) is 25.2. The largest absolute Gasteiger partial charge is 0.756 e. The molecule has 0 saturated heterocycles. The number of aliphatic hydroxyl groups is 1. The normalized spacial score (nSPS) is 14.6. The molecule has 3 unspecified atom stereocenters. The zero-order chi connectivity index (χ0) is 61.2. The number of carbonyl (C=O) groups is 1. The van der Waals surface area contributed by atoms with Crippen LogP contribution in [0.5, 0.6) is 0 Å². The highest BCUT2D eigenvalue weighted by atomic mass is 31.2. The second kappa shape index (κ2) is 63.9. The van der Waals surface area contributed by atoms with Crippen LogP contribution in [0.2, 0.25) is 0 Å². The van der Waals surface area contributed by atoms with Gasteiger partial charge in [-0.25, -0.2) is 0 Å². The van der Waals surface area contributed by atoms with Gasteiger partial charge in [0.2, 0.25) is 5.91 Å². The summed E-state index contributed by atoms with van der Waals surface area (Å²) in [5, 5.41) is 13.9. The summed E-state index contributed by atoms with van der Waals surface area (Å²) in [4.78, 5) is 25.6. The summed E-state index contributed by atoms with van der Waals surface area (Å²) in [7, 11) is 1.22. The van der Waals surface area contributed by atoms with E-state index in [2.05, 4.69) is 153 Å². The molecule has 0 spiro atoms. The van der Waals surface area contributed by atoms with Gasteiger partial charge in [0.25, 0.3) is 7.82 Å². The fraction of sp³-hybridized carbons (Fsp3) is 0.667. The van der Waals surface area contributed by atoms with E-state index >= 15 is 0 Å². The van der Waals surface area contributed by atoms with Crippen molar-refractivity contribution in [3.63, 3.8) is 0 Å². The fourth-order valence-electron chi connectivity index (χ4n) is 9.26. The molecule has 0 aliphatic carbocycles. The summed E-state index contributed by atoms with van der Waals surface area (Å²) in [6, 6.07) is -0.924. The minimum atomic E-state index is -4.63. The number of carbonyl (C=O) groups excluding carboxylic acids is 1. The van der Waals surface area contributed by atoms with Crippen LogP contribution < -0.4 is 10.2 Å². The number of rotatable bonds is 61. The van der Waals surface area contributed by atoms with E-state index < -0.39 is 26.6 Å². The molecule has 1 amide bonds. The van der Waals surface area contributed by atoms with Gasteiger partial charge in [0.15, 0.2) is 0 Å². The lowest BCUT2D eigenvalue weighted by Gasteiger charge is -2.29. The van der Waals surface area contributed by atoms with Crippen LogP contribution in [0.25, 0.3) is 0 Å². The minimum Gasteiger partial charge on any atom is -0.756 e. The van der Waals surface area contributed by atoms with Crippen molar-refractivity contribution in [3.8, 4) is 0 Å². The van der Waals surface area contributed by atoms with Crippen LogP contribution in [0.3, 0.4) is 0 Å². The number of nitrogens with one attached hydrogen (secondary N) is 1. The monoisotopic (exact) mass is 1180 g/mol. The number of phosphoric ester groups is 1. The number of hydrogen-bond donors (Lipinski definition) is 2. The summed E-state index contributed by atoms with van der Waals surface area (Å²) < 4.78 is 23.4. The Morgan fingerprint density at radius 3 is 1.11 bits per heavy atom. The average molecular weight is 1190 g/mol. The molecule has 9 heteroatoms. The Labute approximate surface area is 519 Å². The quantitative estimate of drug-likeness (QED) is 0.0272. The fourth-order valence-corrected chi connectivity index (χ4v) is 9.98. The SMILES string of the molecule is CC/C=C\C/C=C\C/C=C\C/C=C\C/C=C\C/C=C\C/C=C\C/C=C\C/C=C\C/C=C\CCCCCCCCC(=O)NC(COP(=O)([O-])OCC[N+](C)(C)C)C(O)/C=C/CC/C=C/CCCCCCCCCCCCCCCCCCCCC. The standard InChI is InChI=1S/C75H129N2O6P/c1-6-8-10-12-14-16-18-20-22-24-26-28-30-32-33-34-35-36-37-38-39-40-41-42-43-45-47-49-51-53-55-57-59-61-63-65-67-69-75(79)76-73(72-83-84(80,81)82-71-70-77(3,4)5)74(78)68-66-64-62-60-58-56-54-52-50-48-46-44-31-29-27-25-23-21-19-17-15-13-11-9-7-2/h8,10,14,16,20,22,26,28,32-33,35-36,38-39,41-42,45,47,51,53,58,60,66,68,73-74,78H,6-7,9,11-13,15,17-19,21,23-25,27,29-31,34,37,40,43-44,46,48-50,52,54-57,59,61-65,67,69-72H2,1-5H3,(H-,76,79,80,81)/b10-8-,16-14-,22-20-,28-26-,33-32-,36-35-,39-38-,42-41-,47-45-,53-51-,60-58+,68-66+. The first kappa shape index (κ1) is 80.4. The van der Waals surface area contributed by atoms with Crippen LogP contribution in [0.15, 0.2) is 146 Å². The van der Waals surface area contributed by atoms with Crippen LogP contribution >= 0.6 is 7.82 Å². The van der Waals surface area contributed by atoms with Gasteiger partial charge in [-0.3, -0.25) is 9.36 Å². The zero-order valence-corrected chi connectivity index (χ0v) is 55.7. The van der Waals surface area contributed by atoms with Gasteiger partial charge in [-0.15, -0.1) is 0 Å². The molecule has 0 aliphatic rings. The van der Waals surface area contributed by atoms with Crippen molar-refractivity contribution in [3.05, 3.63) is 146 Å². The molecule has 0 bridgehead atoms. The Morgan fingerprint density at radius 1 is 0.429 bits per heavy atom. The lowest BCUT2D eigenvalue weighted by atomic mass is 10.0. The molecule has 0 radical (unpaired) electrons. The van der Waals surface area contributed by atoms with Gasteiger partial charge in [0, 0.05) is 6.42 Å². The molecular formula is C75H129N2O6P. The number of hydrogen-bond acceptors (Lipinski definition) is 6. The van der Waals surface area contributed by atoms with Crippen LogP contribution in [-0.4, -0.2) is 68.5 Å². The van der Waals surface area contributed by atoms with Crippen LogP contribution in [0.4, 0.5) is 0 Å². The first-order valence-electron chi connectivity index (χ1n) is 34.2. The molecule has 84 heavy (non-hydrogen) atoms. The van der Waals surface area contributed by atoms with Gasteiger partial charge >= 0.3 is 0 Å². The molecule has 0 aliphatic heterocycles. The van der Waals surface area contributed by atoms with E-state index in [0.29, 0.717) is 17.4 Å². The highest BCUT2D eigenvalue weighted by molar-refractivity contribution is 7.45. The number of phosphoric acid groups is 1. The number of likely N-dealkylation sites (N-methyl/N-ethyl adjacent to an activating group) is 1.